The van der Waals surface area contributed by atoms with Gasteiger partial charge in [-0.25, -0.2) is 0 Å². The molecular weight excluding hydrogens is 452 g/mol. The first-order chi connectivity index (χ1) is 17.4. The number of carbonyl (C=O) groups excluding carboxylic acids is 2. The van der Waals surface area contributed by atoms with Crippen molar-refractivity contribution in [3.05, 3.63) is 95.6 Å². The Hall–Kier alpha value is -4.06. The second-order valence-corrected chi connectivity index (χ2v) is 9.56. The first-order valence-electron chi connectivity index (χ1n) is 12.3. The molecule has 0 bridgehead atoms. The van der Waals surface area contributed by atoms with Gasteiger partial charge in [-0.1, -0.05) is 72.3 Å². The number of para-hydroxylation sites is 2. The summed E-state index contributed by atoms with van der Waals surface area (Å²) in [6.45, 7) is 1.99. The quantitative estimate of drug-likeness (QED) is 0.501. The van der Waals surface area contributed by atoms with Gasteiger partial charge in [0.25, 0.3) is 0 Å². The van der Waals surface area contributed by atoms with Crippen LogP contribution in [0.3, 0.4) is 0 Å². The molecule has 1 aliphatic heterocycles. The number of nitrogens with zero attached hydrogens (tertiary/aromatic N) is 2. The molecular formula is C30H28N2O4. The Bertz CT molecular complexity index is 1330. The van der Waals surface area contributed by atoms with Crippen molar-refractivity contribution in [2.45, 2.75) is 44.6 Å². The van der Waals surface area contributed by atoms with Crippen LogP contribution in [0.5, 0.6) is 0 Å². The number of carboxylic acid groups (broad SMARTS) is 1. The van der Waals surface area contributed by atoms with E-state index in [0.29, 0.717) is 24.2 Å². The highest BCUT2D eigenvalue weighted by Crippen LogP contribution is 2.47. The van der Waals surface area contributed by atoms with Crippen molar-refractivity contribution in [3.63, 3.8) is 0 Å². The smallest absolute Gasteiger partial charge is 0.303 e. The highest BCUT2D eigenvalue weighted by Gasteiger charge is 2.46. The fourth-order valence-corrected chi connectivity index (χ4v) is 5.39. The Morgan fingerprint density at radius 2 is 1.58 bits per heavy atom. The van der Waals surface area contributed by atoms with E-state index in [-0.39, 0.29) is 30.4 Å². The Labute approximate surface area is 210 Å². The molecule has 1 fully saturated rings. The van der Waals surface area contributed by atoms with Crippen molar-refractivity contribution in [1.82, 2.24) is 0 Å². The van der Waals surface area contributed by atoms with E-state index in [4.69, 9.17) is 4.99 Å². The van der Waals surface area contributed by atoms with Gasteiger partial charge in [-0.3, -0.25) is 19.4 Å². The van der Waals surface area contributed by atoms with Crippen LogP contribution in [-0.2, 0) is 14.4 Å². The van der Waals surface area contributed by atoms with E-state index in [1.54, 1.807) is 4.90 Å². The molecule has 5 rings (SSSR count). The predicted molar refractivity (Wildman–Crippen MR) is 139 cm³/mol. The van der Waals surface area contributed by atoms with Gasteiger partial charge in [0, 0.05) is 18.6 Å². The lowest BCUT2D eigenvalue weighted by Gasteiger charge is -2.39. The van der Waals surface area contributed by atoms with E-state index >= 15 is 0 Å². The van der Waals surface area contributed by atoms with E-state index in [1.807, 2.05) is 85.8 Å². The molecule has 3 atom stereocenters. The molecule has 0 saturated heterocycles. The third-order valence-electron chi connectivity index (χ3n) is 7.12. The van der Waals surface area contributed by atoms with Crippen LogP contribution < -0.4 is 4.90 Å². The minimum Gasteiger partial charge on any atom is -0.481 e. The summed E-state index contributed by atoms with van der Waals surface area (Å²) in [5.41, 5.74) is 5.01. The summed E-state index contributed by atoms with van der Waals surface area (Å²) in [6, 6.07) is 24.7. The summed E-state index contributed by atoms with van der Waals surface area (Å²) in [5.74, 6) is -1.90. The number of aliphatic carboxylic acids is 1. The zero-order chi connectivity index (χ0) is 25.2. The Kier molecular flexibility index (Phi) is 6.51. The number of aryl methyl sites for hydroxylation is 1. The Morgan fingerprint density at radius 1 is 0.889 bits per heavy atom. The molecule has 0 unspecified atom stereocenters. The number of fused-ring (bicyclic) bond motifs is 2. The molecule has 6 nitrogen and oxygen atoms in total. The predicted octanol–water partition coefficient (Wildman–Crippen LogP) is 5.78. The standard InChI is InChI=1S/C30H28N2O4/c1-19-11-13-21(14-12-19)30-29-24(17-22(18-26(29)33)20-7-3-2-4-8-20)31-23-9-5-6-10-25(23)32(30)27(34)15-16-28(35)36/h2-14,22,29-30H,15-18H2,1H3,(H,35,36)/t22-,29-,30-/m1/s1. The Morgan fingerprint density at radius 3 is 2.31 bits per heavy atom. The second kappa shape index (κ2) is 9.90. The second-order valence-electron chi connectivity index (χ2n) is 9.56. The molecule has 1 heterocycles. The minimum atomic E-state index is -1.03. The maximum Gasteiger partial charge on any atom is 0.303 e. The van der Waals surface area contributed by atoms with E-state index in [0.717, 1.165) is 22.4 Å². The van der Waals surface area contributed by atoms with Crippen LogP contribution >= 0.6 is 0 Å². The summed E-state index contributed by atoms with van der Waals surface area (Å²) in [7, 11) is 0. The molecule has 3 aromatic rings. The van der Waals surface area contributed by atoms with Gasteiger partial charge in [0.1, 0.15) is 5.78 Å². The number of hydrogen-bond acceptors (Lipinski definition) is 4. The van der Waals surface area contributed by atoms with Crippen LogP contribution in [0.25, 0.3) is 0 Å². The molecule has 0 aromatic heterocycles. The summed E-state index contributed by atoms with van der Waals surface area (Å²) in [4.78, 5) is 45.4. The number of Topliss-reactive ketones (excluding diaryl/α,β-unsaturated/α-hetero) is 1. The normalized spacial score (nSPS) is 21.1. The zero-order valence-corrected chi connectivity index (χ0v) is 20.1. The van der Waals surface area contributed by atoms with Crippen molar-refractivity contribution in [1.29, 1.82) is 0 Å². The summed E-state index contributed by atoms with van der Waals surface area (Å²) in [6.07, 6.45) is 0.549. The average Bonchev–Trinajstić information content (AvgIpc) is 3.03. The first kappa shape index (κ1) is 23.7. The molecule has 3 aromatic carbocycles. The van der Waals surface area contributed by atoms with Gasteiger partial charge in [-0.2, -0.15) is 0 Å². The van der Waals surface area contributed by atoms with Gasteiger partial charge in [0.05, 0.1) is 29.8 Å². The molecule has 1 saturated carbocycles. The number of anilines is 1. The van der Waals surface area contributed by atoms with Crippen LogP contribution in [-0.4, -0.2) is 28.5 Å². The molecule has 1 amide bonds. The number of carboxylic acids is 1. The lowest BCUT2D eigenvalue weighted by atomic mass is 9.72. The van der Waals surface area contributed by atoms with Crippen molar-refractivity contribution < 1.29 is 19.5 Å². The highest BCUT2D eigenvalue weighted by molar-refractivity contribution is 6.13. The number of hydrogen-bond donors (Lipinski definition) is 1. The lowest BCUT2D eigenvalue weighted by Crippen LogP contribution is -2.45. The molecule has 0 spiro atoms. The van der Waals surface area contributed by atoms with Gasteiger partial charge in [-0.15, -0.1) is 0 Å². The van der Waals surface area contributed by atoms with E-state index in [1.165, 1.54) is 0 Å². The summed E-state index contributed by atoms with van der Waals surface area (Å²) >= 11 is 0. The van der Waals surface area contributed by atoms with Gasteiger partial charge in [0.15, 0.2) is 0 Å². The maximum atomic E-state index is 13.9. The molecule has 2 aliphatic rings. The number of benzene rings is 3. The van der Waals surface area contributed by atoms with E-state index < -0.39 is 17.9 Å². The Balaban J connectivity index is 1.66. The molecule has 1 aliphatic carbocycles. The van der Waals surface area contributed by atoms with Crippen molar-refractivity contribution in [3.8, 4) is 0 Å². The third-order valence-corrected chi connectivity index (χ3v) is 7.12. The molecule has 1 N–H and O–H groups in total. The largest absolute Gasteiger partial charge is 0.481 e. The minimum absolute atomic E-state index is 0.0220. The summed E-state index contributed by atoms with van der Waals surface area (Å²) < 4.78 is 0. The fourth-order valence-electron chi connectivity index (χ4n) is 5.39. The fraction of sp³-hybridized carbons (Fsp3) is 0.267. The molecule has 0 radical (unpaired) electrons. The number of ketones is 1. The average molecular weight is 481 g/mol. The molecule has 182 valence electrons. The van der Waals surface area contributed by atoms with Gasteiger partial charge >= 0.3 is 5.97 Å². The number of rotatable bonds is 5. The van der Waals surface area contributed by atoms with E-state index in [9.17, 15) is 19.5 Å². The number of amides is 1. The van der Waals surface area contributed by atoms with Gasteiger partial charge < -0.3 is 10.0 Å². The number of aliphatic imine (C=N–C) groups is 1. The van der Waals surface area contributed by atoms with Crippen molar-refractivity contribution in [2.75, 3.05) is 4.90 Å². The maximum absolute atomic E-state index is 13.9. The van der Waals surface area contributed by atoms with Crippen LogP contribution in [0, 0.1) is 12.8 Å². The van der Waals surface area contributed by atoms with E-state index in [2.05, 4.69) is 0 Å². The van der Waals surface area contributed by atoms with Crippen molar-refractivity contribution in [2.24, 2.45) is 10.9 Å². The molecule has 6 heteroatoms. The zero-order valence-electron chi connectivity index (χ0n) is 20.1. The summed E-state index contributed by atoms with van der Waals surface area (Å²) in [5, 5.41) is 9.24. The van der Waals surface area contributed by atoms with Crippen LogP contribution in [0.2, 0.25) is 0 Å². The number of carbonyl (C=O) groups is 3. The van der Waals surface area contributed by atoms with Crippen molar-refractivity contribution >= 4 is 34.7 Å². The monoisotopic (exact) mass is 480 g/mol. The highest BCUT2D eigenvalue weighted by atomic mass is 16.4. The molecule has 36 heavy (non-hydrogen) atoms. The lowest BCUT2D eigenvalue weighted by molar-refractivity contribution is -0.138. The third kappa shape index (κ3) is 4.59. The SMILES string of the molecule is Cc1ccc([C@@H]2[C@H]3C(=O)C[C@H](c4ccccc4)CC3=Nc3ccccc3N2C(=O)CCC(=O)O)cc1. The van der Waals surface area contributed by atoms with Crippen LogP contribution in [0.1, 0.15) is 54.3 Å². The topological polar surface area (TPSA) is 87.0 Å². The van der Waals surface area contributed by atoms with Crippen LogP contribution in [0.4, 0.5) is 11.4 Å². The van der Waals surface area contributed by atoms with Gasteiger partial charge in [-0.05, 0) is 42.5 Å². The van der Waals surface area contributed by atoms with Gasteiger partial charge in [0.2, 0.25) is 5.91 Å². The first-order valence-corrected chi connectivity index (χ1v) is 12.3. The van der Waals surface area contributed by atoms with Crippen LogP contribution in [0.15, 0.2) is 83.9 Å².